The van der Waals surface area contributed by atoms with E-state index in [0.717, 1.165) is 14.7 Å². The fourth-order valence-electron chi connectivity index (χ4n) is 3.76. The number of halogens is 7. The van der Waals surface area contributed by atoms with E-state index in [1.807, 2.05) is 60.7 Å². The third-order valence-electron chi connectivity index (χ3n) is 5.56. The molecule has 0 aliphatic heterocycles. The zero-order chi connectivity index (χ0) is 29.1. The second-order valence-electron chi connectivity index (χ2n) is 9.18. The van der Waals surface area contributed by atoms with Gasteiger partial charge in [0.05, 0.1) is 22.0 Å². The first kappa shape index (κ1) is 29.1. The Bertz CT molecular complexity index is 1460. The molecule has 0 radical (unpaired) electrons. The largest absolute Gasteiger partial charge is 0.472 e. The number of rotatable bonds is 5. The molecule has 4 rings (SSSR count). The molecule has 0 spiro atoms. The van der Waals surface area contributed by atoms with Gasteiger partial charge in [-0.1, -0.05) is 48.2 Å². The van der Waals surface area contributed by atoms with Crippen molar-refractivity contribution in [1.82, 2.24) is 0 Å². The minimum atomic E-state index is -5.00. The number of hydrogen-bond donors (Lipinski definition) is 0. The Balaban J connectivity index is 1.69. The number of hydrogen-bond acceptors (Lipinski definition) is 1. The Hall–Kier alpha value is -3.90. The standard InChI is InChI=1S/C31H22F7OS/c1-29(2,16-15-21-17-22(30(33,34)35)19-23(18-21)31(36,37)38)39-28-20-26(13-14-27(28)32)40(24-9-5-3-6-10-24)25-11-7-4-8-12-25/h3-14,17-20H,1-2H3/q+1. The molecule has 0 aromatic heterocycles. The van der Waals surface area contributed by atoms with Crippen LogP contribution < -0.4 is 4.74 Å². The van der Waals surface area contributed by atoms with Gasteiger partial charge in [-0.25, -0.2) is 4.39 Å². The van der Waals surface area contributed by atoms with Crippen molar-refractivity contribution in [2.24, 2.45) is 0 Å². The summed E-state index contributed by atoms with van der Waals surface area (Å²) in [5, 5.41) is 0. The van der Waals surface area contributed by atoms with Gasteiger partial charge >= 0.3 is 12.4 Å². The van der Waals surface area contributed by atoms with E-state index in [-0.39, 0.29) is 11.8 Å². The summed E-state index contributed by atoms with van der Waals surface area (Å²) >= 11 is 0. The quantitative estimate of drug-likeness (QED) is 0.131. The van der Waals surface area contributed by atoms with Crippen LogP contribution >= 0.6 is 0 Å². The van der Waals surface area contributed by atoms with Gasteiger partial charge in [-0.15, -0.1) is 0 Å². The summed E-state index contributed by atoms with van der Waals surface area (Å²) in [6.45, 7) is 2.89. The Kier molecular flexibility index (Phi) is 8.22. The fraction of sp³-hybridized carbons (Fsp3) is 0.161. The van der Waals surface area contributed by atoms with Crippen molar-refractivity contribution in [1.29, 1.82) is 0 Å². The van der Waals surface area contributed by atoms with Crippen LogP contribution in [0.1, 0.15) is 30.5 Å². The van der Waals surface area contributed by atoms with Crippen molar-refractivity contribution in [2.75, 3.05) is 0 Å². The summed E-state index contributed by atoms with van der Waals surface area (Å²) in [5.41, 5.74) is -4.91. The first-order valence-electron chi connectivity index (χ1n) is 11.9. The zero-order valence-corrected chi connectivity index (χ0v) is 22.0. The van der Waals surface area contributed by atoms with Gasteiger partial charge in [0.15, 0.2) is 31.9 Å². The minimum Gasteiger partial charge on any atom is -0.472 e. The molecule has 0 bridgehead atoms. The van der Waals surface area contributed by atoms with Crippen LogP contribution in [0.4, 0.5) is 30.7 Å². The Morgan fingerprint density at radius 3 is 1.60 bits per heavy atom. The van der Waals surface area contributed by atoms with Crippen LogP contribution in [0.3, 0.4) is 0 Å². The average Bonchev–Trinajstić information content (AvgIpc) is 2.89. The number of alkyl halides is 6. The van der Waals surface area contributed by atoms with Gasteiger partial charge in [0, 0.05) is 11.6 Å². The van der Waals surface area contributed by atoms with Crippen LogP contribution in [-0.2, 0) is 23.2 Å². The Morgan fingerprint density at radius 1 is 0.625 bits per heavy atom. The molecule has 0 amide bonds. The molecule has 40 heavy (non-hydrogen) atoms. The highest BCUT2D eigenvalue weighted by Crippen LogP contribution is 2.37. The normalized spacial score (nSPS) is 12.2. The van der Waals surface area contributed by atoms with Crippen molar-refractivity contribution in [2.45, 2.75) is 46.5 Å². The lowest BCUT2D eigenvalue weighted by Crippen LogP contribution is -2.26. The van der Waals surface area contributed by atoms with E-state index < -0.39 is 51.4 Å². The zero-order valence-electron chi connectivity index (χ0n) is 21.2. The molecule has 0 fully saturated rings. The van der Waals surface area contributed by atoms with Gasteiger partial charge in [-0.3, -0.25) is 0 Å². The fourth-order valence-corrected chi connectivity index (χ4v) is 5.86. The molecule has 0 aliphatic carbocycles. The van der Waals surface area contributed by atoms with Crippen molar-refractivity contribution < 1.29 is 35.5 Å². The van der Waals surface area contributed by atoms with Crippen molar-refractivity contribution >= 4 is 10.9 Å². The monoisotopic (exact) mass is 575 g/mol. The summed E-state index contributed by atoms with van der Waals surface area (Å²) in [5.74, 6) is 4.05. The number of benzene rings is 4. The van der Waals surface area contributed by atoms with Gasteiger partial charge in [-0.2, -0.15) is 26.3 Å². The Labute approximate surface area is 230 Å². The van der Waals surface area contributed by atoms with E-state index in [2.05, 4.69) is 11.8 Å². The average molecular weight is 576 g/mol. The topological polar surface area (TPSA) is 9.23 Å². The maximum atomic E-state index is 14.9. The lowest BCUT2D eigenvalue weighted by molar-refractivity contribution is -0.143. The molecule has 206 valence electrons. The van der Waals surface area contributed by atoms with E-state index in [9.17, 15) is 30.7 Å². The second kappa shape index (κ2) is 11.3. The third kappa shape index (κ3) is 7.19. The molecular formula is C31H22F7OS+. The molecule has 0 saturated carbocycles. The molecule has 0 atom stereocenters. The predicted molar refractivity (Wildman–Crippen MR) is 139 cm³/mol. The highest BCUT2D eigenvalue weighted by atomic mass is 32.2. The molecule has 4 aromatic rings. The molecule has 0 saturated heterocycles. The van der Waals surface area contributed by atoms with Crippen LogP contribution in [0.25, 0.3) is 0 Å². The summed E-state index contributed by atoms with van der Waals surface area (Å²) in [4.78, 5) is 2.70. The minimum absolute atomic E-state index is 0.0321. The van der Waals surface area contributed by atoms with E-state index in [1.165, 1.54) is 26.0 Å². The molecule has 9 heteroatoms. The van der Waals surface area contributed by atoms with Crippen molar-refractivity contribution in [3.8, 4) is 17.6 Å². The highest BCUT2D eigenvalue weighted by Gasteiger charge is 2.37. The van der Waals surface area contributed by atoms with Crippen LogP contribution in [0, 0.1) is 17.7 Å². The summed E-state index contributed by atoms with van der Waals surface area (Å²) < 4.78 is 100.0. The maximum Gasteiger partial charge on any atom is 0.416 e. The van der Waals surface area contributed by atoms with Gasteiger partial charge in [0.25, 0.3) is 0 Å². The van der Waals surface area contributed by atoms with Crippen LogP contribution in [0.2, 0.25) is 0 Å². The molecule has 4 aromatic carbocycles. The molecule has 0 N–H and O–H groups in total. The Morgan fingerprint density at radius 2 is 1.12 bits per heavy atom. The number of ether oxygens (including phenoxy) is 1. The highest BCUT2D eigenvalue weighted by molar-refractivity contribution is 7.97. The van der Waals surface area contributed by atoms with E-state index >= 15 is 0 Å². The summed E-state index contributed by atoms with van der Waals surface area (Å²) in [6, 6.07) is 24.7. The summed E-state index contributed by atoms with van der Waals surface area (Å²) in [6.07, 6.45) is -10.00. The first-order chi connectivity index (χ1) is 18.7. The molecule has 0 unspecified atom stereocenters. The molecule has 0 heterocycles. The SMILES string of the molecule is CC(C)(C#Cc1cc(C(F)(F)F)cc(C(F)(F)F)c1)Oc1cc([S+](c2ccccc2)c2ccccc2)ccc1F. The molecular weight excluding hydrogens is 553 g/mol. The van der Waals surface area contributed by atoms with Gasteiger partial charge in [0.2, 0.25) is 0 Å². The molecule has 1 nitrogen and oxygen atoms in total. The molecule has 0 aliphatic rings. The third-order valence-corrected chi connectivity index (χ3v) is 7.77. The van der Waals surface area contributed by atoms with Crippen molar-refractivity contribution in [3.63, 3.8) is 0 Å². The van der Waals surface area contributed by atoms with Gasteiger partial charge in [0.1, 0.15) is 0 Å². The van der Waals surface area contributed by atoms with Crippen LogP contribution in [-0.4, -0.2) is 5.60 Å². The first-order valence-corrected chi connectivity index (χ1v) is 13.1. The van der Waals surface area contributed by atoms with Crippen LogP contribution in [0.15, 0.2) is 112 Å². The second-order valence-corrected chi connectivity index (χ2v) is 11.2. The smallest absolute Gasteiger partial charge is 0.416 e. The maximum absolute atomic E-state index is 14.9. The van der Waals surface area contributed by atoms with E-state index in [0.29, 0.717) is 12.1 Å². The van der Waals surface area contributed by atoms with Crippen LogP contribution in [0.5, 0.6) is 5.75 Å². The van der Waals surface area contributed by atoms with Gasteiger partial charge < -0.3 is 4.74 Å². The van der Waals surface area contributed by atoms with Crippen molar-refractivity contribution in [3.05, 3.63) is 120 Å². The predicted octanol–water partition coefficient (Wildman–Crippen LogP) is 9.17. The lowest BCUT2D eigenvalue weighted by atomic mass is 10.0. The van der Waals surface area contributed by atoms with E-state index in [1.54, 1.807) is 6.07 Å². The van der Waals surface area contributed by atoms with Gasteiger partial charge in [-0.05, 0) is 68.4 Å². The van der Waals surface area contributed by atoms with E-state index in [4.69, 9.17) is 4.74 Å². The summed E-state index contributed by atoms with van der Waals surface area (Å²) in [7, 11) is -0.613. The lowest BCUT2D eigenvalue weighted by Gasteiger charge is -2.21.